The van der Waals surface area contributed by atoms with Gasteiger partial charge in [-0.2, -0.15) is 0 Å². The van der Waals surface area contributed by atoms with Crippen LogP contribution in [0.25, 0.3) is 0 Å². The Morgan fingerprint density at radius 3 is 2.81 bits per heavy atom. The maximum Gasteiger partial charge on any atom is 0.338 e. The van der Waals surface area contributed by atoms with Crippen LogP contribution in [-0.4, -0.2) is 67.3 Å². The molecule has 0 bridgehead atoms. The Labute approximate surface area is 126 Å². The number of aliphatic hydroxyl groups is 1. The number of likely N-dealkylation sites (tertiary alicyclic amines) is 1. The van der Waals surface area contributed by atoms with Gasteiger partial charge in [-0.25, -0.2) is 4.79 Å². The minimum Gasteiger partial charge on any atom is -0.465 e. The zero-order valence-electron chi connectivity index (χ0n) is 13.0. The molecule has 0 amide bonds. The van der Waals surface area contributed by atoms with Gasteiger partial charge in [0.15, 0.2) is 0 Å². The molecule has 1 aromatic carbocycles. The van der Waals surface area contributed by atoms with Crippen molar-refractivity contribution in [2.24, 2.45) is 0 Å². The third-order valence-electron chi connectivity index (χ3n) is 3.88. The monoisotopic (exact) mass is 292 g/mol. The van der Waals surface area contributed by atoms with Crippen LogP contribution in [0.4, 0.5) is 0 Å². The Bertz CT molecular complexity index is 490. The van der Waals surface area contributed by atoms with Crippen LogP contribution in [0.5, 0.6) is 0 Å². The molecule has 0 aliphatic carbocycles. The molecule has 1 saturated heterocycles. The van der Waals surface area contributed by atoms with Gasteiger partial charge in [-0.05, 0) is 32.1 Å². The molecule has 1 heterocycles. The van der Waals surface area contributed by atoms with Gasteiger partial charge in [-0.1, -0.05) is 18.2 Å². The van der Waals surface area contributed by atoms with E-state index in [2.05, 4.69) is 9.80 Å². The molecule has 21 heavy (non-hydrogen) atoms. The van der Waals surface area contributed by atoms with E-state index in [4.69, 9.17) is 4.74 Å². The summed E-state index contributed by atoms with van der Waals surface area (Å²) in [7, 11) is 5.46. The molecule has 2 unspecified atom stereocenters. The molecule has 1 aliphatic rings. The number of hydrogen-bond donors (Lipinski definition) is 1. The summed E-state index contributed by atoms with van der Waals surface area (Å²) in [6.45, 7) is 2.20. The predicted molar refractivity (Wildman–Crippen MR) is 81.2 cm³/mol. The van der Waals surface area contributed by atoms with Gasteiger partial charge < -0.3 is 14.7 Å². The molecular weight excluding hydrogens is 268 g/mol. The Morgan fingerprint density at radius 2 is 2.14 bits per heavy atom. The van der Waals surface area contributed by atoms with E-state index in [-0.39, 0.29) is 12.1 Å². The molecule has 0 saturated carbocycles. The highest BCUT2D eigenvalue weighted by molar-refractivity contribution is 5.90. The van der Waals surface area contributed by atoms with Crippen molar-refractivity contribution in [1.29, 1.82) is 0 Å². The van der Waals surface area contributed by atoms with E-state index in [9.17, 15) is 9.90 Å². The van der Waals surface area contributed by atoms with Gasteiger partial charge in [0.05, 0.1) is 18.8 Å². The number of esters is 1. The molecule has 1 N–H and O–H groups in total. The summed E-state index contributed by atoms with van der Waals surface area (Å²) in [5, 5.41) is 9.93. The topological polar surface area (TPSA) is 53.0 Å². The number of hydrogen-bond acceptors (Lipinski definition) is 5. The number of carbonyl (C=O) groups excluding carboxylic acids is 1. The quantitative estimate of drug-likeness (QED) is 0.820. The van der Waals surface area contributed by atoms with Gasteiger partial charge in [0.2, 0.25) is 0 Å². The van der Waals surface area contributed by atoms with E-state index >= 15 is 0 Å². The van der Waals surface area contributed by atoms with Crippen molar-refractivity contribution in [3.05, 3.63) is 35.4 Å². The highest BCUT2D eigenvalue weighted by Crippen LogP contribution is 2.22. The minimum absolute atomic E-state index is 0.291. The van der Waals surface area contributed by atoms with Crippen molar-refractivity contribution < 1.29 is 14.6 Å². The lowest BCUT2D eigenvalue weighted by atomic mass is 10.1. The van der Waals surface area contributed by atoms with Crippen molar-refractivity contribution in [3.63, 3.8) is 0 Å². The fourth-order valence-corrected chi connectivity index (χ4v) is 2.95. The van der Waals surface area contributed by atoms with Gasteiger partial charge in [-0.3, -0.25) is 4.90 Å². The van der Waals surface area contributed by atoms with Crippen LogP contribution in [0.3, 0.4) is 0 Å². The van der Waals surface area contributed by atoms with Gasteiger partial charge in [0.25, 0.3) is 0 Å². The molecule has 1 fully saturated rings. The maximum atomic E-state index is 11.8. The van der Waals surface area contributed by atoms with E-state index in [1.165, 1.54) is 7.11 Å². The molecule has 2 atom stereocenters. The van der Waals surface area contributed by atoms with Crippen LogP contribution in [0.15, 0.2) is 24.3 Å². The zero-order valence-corrected chi connectivity index (χ0v) is 13.0. The number of nitrogens with zero attached hydrogens (tertiary/aromatic N) is 2. The molecule has 1 aliphatic heterocycles. The van der Waals surface area contributed by atoms with E-state index in [0.717, 1.165) is 18.5 Å². The number of aliphatic hydroxyl groups excluding tert-OH is 1. The highest BCUT2D eigenvalue weighted by atomic mass is 16.5. The minimum atomic E-state index is -0.311. The lowest BCUT2D eigenvalue weighted by Crippen LogP contribution is -2.37. The van der Waals surface area contributed by atoms with E-state index < -0.39 is 0 Å². The van der Waals surface area contributed by atoms with Crippen LogP contribution in [-0.2, 0) is 11.3 Å². The van der Waals surface area contributed by atoms with Crippen LogP contribution < -0.4 is 0 Å². The second kappa shape index (κ2) is 7.02. The largest absolute Gasteiger partial charge is 0.465 e. The van der Waals surface area contributed by atoms with E-state index in [0.29, 0.717) is 24.7 Å². The summed E-state index contributed by atoms with van der Waals surface area (Å²) in [4.78, 5) is 16.2. The fourth-order valence-electron chi connectivity index (χ4n) is 2.95. The van der Waals surface area contributed by atoms with Crippen LogP contribution in [0.2, 0.25) is 0 Å². The van der Waals surface area contributed by atoms with Gasteiger partial charge in [0.1, 0.15) is 0 Å². The van der Waals surface area contributed by atoms with Crippen LogP contribution >= 0.6 is 0 Å². The van der Waals surface area contributed by atoms with Gasteiger partial charge >= 0.3 is 5.97 Å². The molecule has 2 rings (SSSR count). The highest BCUT2D eigenvalue weighted by Gasteiger charge is 2.31. The fraction of sp³-hybridized carbons (Fsp3) is 0.562. The lowest BCUT2D eigenvalue weighted by molar-refractivity contribution is 0.0597. The van der Waals surface area contributed by atoms with E-state index in [1.807, 2.05) is 32.3 Å². The second-order valence-electron chi connectivity index (χ2n) is 5.88. The summed E-state index contributed by atoms with van der Waals surface area (Å²) in [5.74, 6) is -0.311. The first-order chi connectivity index (χ1) is 10.0. The average molecular weight is 292 g/mol. The number of likely N-dealkylation sites (N-methyl/N-ethyl adjacent to an activating group) is 1. The van der Waals surface area contributed by atoms with Crippen molar-refractivity contribution in [1.82, 2.24) is 9.80 Å². The Kier molecular flexibility index (Phi) is 5.33. The number of carbonyl (C=O) groups is 1. The van der Waals surface area contributed by atoms with E-state index in [1.54, 1.807) is 6.07 Å². The normalized spacial score (nSPS) is 22.7. The Balaban J connectivity index is 2.15. The summed E-state index contributed by atoms with van der Waals surface area (Å²) in [6.07, 6.45) is 0.485. The van der Waals surface area contributed by atoms with Crippen molar-refractivity contribution in [3.8, 4) is 0 Å². The predicted octanol–water partition coefficient (Wildman–Crippen LogP) is 0.970. The average Bonchev–Trinajstić information content (AvgIpc) is 2.77. The summed E-state index contributed by atoms with van der Waals surface area (Å²) in [5.41, 5.74) is 1.55. The third-order valence-corrected chi connectivity index (χ3v) is 3.88. The molecular formula is C16H24N2O3. The molecule has 1 aromatic rings. The van der Waals surface area contributed by atoms with Crippen molar-refractivity contribution in [2.75, 3.05) is 34.3 Å². The standard InChI is InChI=1S/C16H24N2O3/c1-17(2)10-13-8-14(19)11-18(13)9-12-6-4-5-7-15(12)16(20)21-3/h4-7,13-14,19H,8-11H2,1-3H3. The van der Waals surface area contributed by atoms with Crippen molar-refractivity contribution >= 4 is 5.97 Å². The first-order valence-electron chi connectivity index (χ1n) is 7.24. The zero-order chi connectivity index (χ0) is 15.4. The molecule has 0 spiro atoms. The lowest BCUT2D eigenvalue weighted by Gasteiger charge is -2.27. The second-order valence-corrected chi connectivity index (χ2v) is 5.88. The Morgan fingerprint density at radius 1 is 1.43 bits per heavy atom. The third kappa shape index (κ3) is 4.03. The first-order valence-corrected chi connectivity index (χ1v) is 7.24. The number of benzene rings is 1. The molecule has 116 valence electrons. The molecule has 5 heteroatoms. The number of methoxy groups -OCH3 is 1. The summed E-state index contributed by atoms with van der Waals surface area (Å²) >= 11 is 0. The Hall–Kier alpha value is -1.43. The smallest absolute Gasteiger partial charge is 0.338 e. The SMILES string of the molecule is COC(=O)c1ccccc1CN1CC(O)CC1CN(C)C. The number of rotatable bonds is 5. The number of β-amino-alcohol motifs (C(OH)–C–C–N with tert-alkyl or cyclic N) is 1. The summed E-state index contributed by atoms with van der Waals surface area (Å²) in [6, 6.07) is 7.81. The first kappa shape index (κ1) is 15.9. The molecule has 5 nitrogen and oxygen atoms in total. The van der Waals surface area contributed by atoms with Gasteiger partial charge in [-0.15, -0.1) is 0 Å². The molecule has 0 radical (unpaired) electrons. The van der Waals surface area contributed by atoms with Crippen molar-refractivity contribution in [2.45, 2.75) is 25.1 Å². The van der Waals surface area contributed by atoms with Crippen LogP contribution in [0.1, 0.15) is 22.3 Å². The summed E-state index contributed by atoms with van der Waals surface area (Å²) < 4.78 is 4.84. The number of ether oxygens (including phenoxy) is 1. The van der Waals surface area contributed by atoms with Crippen LogP contribution in [0, 0.1) is 0 Å². The maximum absolute atomic E-state index is 11.8. The van der Waals surface area contributed by atoms with Gasteiger partial charge in [0, 0.05) is 25.7 Å². The molecule has 0 aromatic heterocycles.